The van der Waals surface area contributed by atoms with Crippen LogP contribution in [-0.4, -0.2) is 71.8 Å². The Bertz CT molecular complexity index is 1880. The molecule has 10 nitrogen and oxygen atoms in total. The summed E-state index contributed by atoms with van der Waals surface area (Å²) in [6, 6.07) is 15.6. The molecule has 4 heterocycles. The number of rotatable bonds is 4. The van der Waals surface area contributed by atoms with Crippen LogP contribution in [0.2, 0.25) is 0 Å². The van der Waals surface area contributed by atoms with Gasteiger partial charge in [-0.3, -0.25) is 9.80 Å². The lowest BCUT2D eigenvalue weighted by atomic mass is 9.83. The van der Waals surface area contributed by atoms with Gasteiger partial charge < -0.3 is 39.4 Å². The van der Waals surface area contributed by atoms with Gasteiger partial charge in [0.2, 0.25) is 0 Å². The minimum atomic E-state index is -0.0973. The lowest BCUT2D eigenvalue weighted by Crippen LogP contribution is -2.39. The van der Waals surface area contributed by atoms with Crippen molar-refractivity contribution in [3.05, 3.63) is 93.0 Å². The second-order valence-electron chi connectivity index (χ2n) is 12.8. The van der Waals surface area contributed by atoms with Crippen LogP contribution in [0.15, 0.2) is 48.5 Å². The van der Waals surface area contributed by atoms with Crippen LogP contribution in [0.3, 0.4) is 0 Å². The van der Waals surface area contributed by atoms with Gasteiger partial charge in [-0.1, -0.05) is 19.6 Å². The SMILES string of the molecule is C.COc1cc2c(cc1OC)[C@H]1Cc3ccc(OC)c(OC)c3CN1CC2.Oc1cc2c(cc1O)[C@H]1Cc3ccc(O)c(O)c3CN1CC2. The summed E-state index contributed by atoms with van der Waals surface area (Å²) in [5.74, 6) is 2.97. The molecule has 4 aromatic carbocycles. The van der Waals surface area contributed by atoms with E-state index in [2.05, 4.69) is 28.0 Å². The van der Waals surface area contributed by atoms with Gasteiger partial charge in [-0.25, -0.2) is 0 Å². The molecule has 10 heteroatoms. The average molecular weight is 671 g/mol. The van der Waals surface area contributed by atoms with Gasteiger partial charge in [0.1, 0.15) is 0 Å². The van der Waals surface area contributed by atoms with Crippen LogP contribution >= 0.6 is 0 Å². The largest absolute Gasteiger partial charge is 0.504 e. The van der Waals surface area contributed by atoms with Crippen molar-refractivity contribution in [2.24, 2.45) is 0 Å². The molecule has 0 aromatic heterocycles. The Balaban J connectivity index is 0.000000169. The molecule has 4 N–H and O–H groups in total. The van der Waals surface area contributed by atoms with Crippen LogP contribution in [-0.2, 0) is 38.8 Å². The summed E-state index contributed by atoms with van der Waals surface area (Å²) in [7, 11) is 6.79. The van der Waals surface area contributed by atoms with Gasteiger partial charge in [-0.2, -0.15) is 0 Å². The molecular formula is C39H46N2O8. The summed E-state index contributed by atoms with van der Waals surface area (Å²) in [4.78, 5) is 4.76. The Kier molecular flexibility index (Phi) is 9.46. The molecule has 0 spiro atoms. The maximum Gasteiger partial charge on any atom is 0.165 e. The molecule has 2 atom stereocenters. The predicted octanol–water partition coefficient (Wildman–Crippen LogP) is 6.18. The second-order valence-corrected chi connectivity index (χ2v) is 12.8. The van der Waals surface area contributed by atoms with E-state index < -0.39 is 0 Å². The van der Waals surface area contributed by atoms with E-state index in [1.807, 2.05) is 12.1 Å². The first-order valence-electron chi connectivity index (χ1n) is 16.3. The van der Waals surface area contributed by atoms with Gasteiger partial charge in [0.25, 0.3) is 0 Å². The van der Waals surface area contributed by atoms with Crippen LogP contribution in [0.1, 0.15) is 64.0 Å². The number of fused-ring (bicyclic) bond motifs is 8. The summed E-state index contributed by atoms with van der Waals surface area (Å²) in [5.41, 5.74) is 9.14. The number of aromatic hydroxyl groups is 4. The molecule has 0 radical (unpaired) electrons. The first-order valence-corrected chi connectivity index (χ1v) is 16.3. The number of nitrogens with zero attached hydrogens (tertiary/aromatic N) is 2. The minimum Gasteiger partial charge on any atom is -0.504 e. The smallest absolute Gasteiger partial charge is 0.165 e. The highest BCUT2D eigenvalue weighted by molar-refractivity contribution is 5.55. The lowest BCUT2D eigenvalue weighted by molar-refractivity contribution is 0.157. The first kappa shape index (κ1) is 34.1. The van der Waals surface area contributed by atoms with Crippen molar-refractivity contribution in [3.8, 4) is 46.0 Å². The van der Waals surface area contributed by atoms with Crippen LogP contribution < -0.4 is 18.9 Å². The Morgan fingerprint density at radius 3 is 1.71 bits per heavy atom. The minimum absolute atomic E-state index is 0. The van der Waals surface area contributed by atoms with Crippen LogP contribution in [0.5, 0.6) is 46.0 Å². The Hall–Kier alpha value is -4.80. The molecule has 0 saturated carbocycles. The normalized spacial score (nSPS) is 18.8. The first-order chi connectivity index (χ1) is 23.2. The number of hydrogen-bond acceptors (Lipinski definition) is 10. The number of ether oxygens (including phenoxy) is 4. The molecule has 4 aromatic rings. The third kappa shape index (κ3) is 5.93. The Morgan fingerprint density at radius 1 is 0.551 bits per heavy atom. The number of methoxy groups -OCH3 is 4. The fourth-order valence-corrected chi connectivity index (χ4v) is 7.97. The molecule has 0 aliphatic carbocycles. The molecule has 0 bridgehead atoms. The third-order valence-corrected chi connectivity index (χ3v) is 10.5. The Morgan fingerprint density at radius 2 is 1.08 bits per heavy atom. The lowest BCUT2D eigenvalue weighted by Gasteiger charge is -2.42. The van der Waals surface area contributed by atoms with Crippen LogP contribution in [0.4, 0.5) is 0 Å². The van der Waals surface area contributed by atoms with E-state index in [9.17, 15) is 20.4 Å². The van der Waals surface area contributed by atoms with Crippen molar-refractivity contribution in [2.45, 2.75) is 58.3 Å². The molecule has 0 saturated heterocycles. The summed E-state index contributed by atoms with van der Waals surface area (Å²) in [5, 5.41) is 39.2. The van der Waals surface area contributed by atoms with E-state index in [0.29, 0.717) is 19.0 Å². The van der Waals surface area contributed by atoms with Crippen molar-refractivity contribution >= 4 is 0 Å². The molecule has 49 heavy (non-hydrogen) atoms. The van der Waals surface area contributed by atoms with Gasteiger partial charge in [-0.05, 0) is 95.5 Å². The molecule has 260 valence electrons. The highest BCUT2D eigenvalue weighted by Crippen LogP contribution is 2.47. The number of benzene rings is 4. The summed E-state index contributed by atoms with van der Waals surface area (Å²) in [6.45, 7) is 3.28. The van der Waals surface area contributed by atoms with Gasteiger partial charge in [0.05, 0.1) is 28.4 Å². The van der Waals surface area contributed by atoms with Crippen LogP contribution in [0.25, 0.3) is 0 Å². The van der Waals surface area contributed by atoms with Gasteiger partial charge in [-0.15, -0.1) is 0 Å². The fraction of sp³-hybridized carbons (Fsp3) is 0.385. The van der Waals surface area contributed by atoms with E-state index in [4.69, 9.17) is 18.9 Å². The molecule has 4 aliphatic rings. The second kappa shape index (κ2) is 13.6. The predicted molar refractivity (Wildman–Crippen MR) is 186 cm³/mol. The fourth-order valence-electron chi connectivity index (χ4n) is 7.97. The van der Waals surface area contributed by atoms with Gasteiger partial charge in [0, 0.05) is 49.4 Å². The molecule has 0 amide bonds. The molecule has 4 aliphatic heterocycles. The maximum atomic E-state index is 10.1. The molecular weight excluding hydrogens is 624 g/mol. The molecule has 8 rings (SSSR count). The van der Waals surface area contributed by atoms with E-state index in [0.717, 1.165) is 84.1 Å². The van der Waals surface area contributed by atoms with Crippen molar-refractivity contribution in [1.82, 2.24) is 9.80 Å². The van der Waals surface area contributed by atoms with Gasteiger partial charge >= 0.3 is 0 Å². The van der Waals surface area contributed by atoms with Crippen molar-refractivity contribution in [3.63, 3.8) is 0 Å². The standard InChI is InChI=1S/C21H25NO4.C17H17NO4.CH4/c1-23-18-6-5-13-9-17-15-11-20(25-3)19(24-2)10-14(15)7-8-22(17)12-16(13)21(18)26-4;19-14-2-1-9-5-13-11-7-16(21)15(20)6-10(11)3-4-18(13)8-12(9)17(14)22;/h5-6,10-11,17H,7-9,12H2,1-4H3;1-2,6-7,13,19-22H,3-5,8H2;1H4/t17-;13-;/m11./s1. The maximum absolute atomic E-state index is 10.1. The zero-order chi connectivity index (χ0) is 33.7. The zero-order valence-electron chi connectivity index (χ0n) is 27.7. The molecule has 0 unspecified atom stereocenters. The van der Waals surface area contributed by atoms with Crippen molar-refractivity contribution < 1.29 is 39.4 Å². The monoisotopic (exact) mass is 670 g/mol. The van der Waals surface area contributed by atoms with Crippen LogP contribution in [0, 0.1) is 0 Å². The number of phenols is 4. The number of hydrogen-bond donors (Lipinski definition) is 4. The van der Waals surface area contributed by atoms with E-state index >= 15 is 0 Å². The van der Waals surface area contributed by atoms with Crippen molar-refractivity contribution in [2.75, 3.05) is 41.5 Å². The number of phenolic OH excluding ortho intramolecular Hbond substituents is 4. The highest BCUT2D eigenvalue weighted by atomic mass is 16.5. The summed E-state index contributed by atoms with van der Waals surface area (Å²) >= 11 is 0. The summed E-state index contributed by atoms with van der Waals surface area (Å²) in [6.07, 6.45) is 3.46. The van der Waals surface area contributed by atoms with E-state index in [-0.39, 0.29) is 36.5 Å². The summed E-state index contributed by atoms with van der Waals surface area (Å²) < 4.78 is 22.2. The zero-order valence-corrected chi connectivity index (χ0v) is 27.7. The topological polar surface area (TPSA) is 124 Å². The third-order valence-electron chi connectivity index (χ3n) is 10.5. The quantitative estimate of drug-likeness (QED) is 0.187. The van der Waals surface area contributed by atoms with E-state index in [1.54, 1.807) is 40.6 Å². The van der Waals surface area contributed by atoms with Gasteiger partial charge in [0.15, 0.2) is 46.0 Å². The Labute approximate surface area is 287 Å². The van der Waals surface area contributed by atoms with E-state index in [1.165, 1.54) is 28.3 Å². The molecule has 0 fully saturated rings. The average Bonchev–Trinajstić information content (AvgIpc) is 3.11. The van der Waals surface area contributed by atoms with Crippen molar-refractivity contribution in [1.29, 1.82) is 0 Å². The highest BCUT2D eigenvalue weighted by Gasteiger charge is 2.36.